The number of likely N-dealkylation sites (tertiary alicyclic amines) is 1. The number of nitrogens with one attached hydrogen (secondary N) is 2. The number of rotatable bonds is 19. The minimum Gasteiger partial charge on any atom is -0.487 e. The Kier molecular flexibility index (Phi) is 14.6. The molecule has 1 fully saturated rings. The van der Waals surface area contributed by atoms with Crippen molar-refractivity contribution in [1.29, 1.82) is 0 Å². The summed E-state index contributed by atoms with van der Waals surface area (Å²) in [4.78, 5) is 53.1. The van der Waals surface area contributed by atoms with Gasteiger partial charge in [0.25, 0.3) is 0 Å². The topological polar surface area (TPSA) is 228 Å². The number of carbonyl (C=O) groups is 3. The molecule has 0 saturated carbocycles. The summed E-state index contributed by atoms with van der Waals surface area (Å²) in [7, 11) is -3.67. The van der Waals surface area contributed by atoms with Gasteiger partial charge in [0, 0.05) is 73.8 Å². The number of H-pyrrole nitrogens is 1. The van der Waals surface area contributed by atoms with Gasteiger partial charge in [-0.25, -0.2) is 22.8 Å². The number of aromatic amines is 1. The highest BCUT2D eigenvalue weighted by Crippen LogP contribution is 2.39. The lowest BCUT2D eigenvalue weighted by molar-refractivity contribution is -0.146. The maximum Gasteiger partial charge on any atom is 0.232 e. The number of amides is 1. The quantitative estimate of drug-likeness (QED) is 0.0602. The molecule has 1 saturated heterocycles. The number of aliphatic hydroxyl groups excluding tert-OH is 1. The van der Waals surface area contributed by atoms with Crippen molar-refractivity contribution in [3.63, 3.8) is 0 Å². The van der Waals surface area contributed by atoms with Crippen LogP contribution in [0.2, 0.25) is 0 Å². The predicted molar refractivity (Wildman–Crippen MR) is 268 cm³/mol. The maximum atomic E-state index is 14.3. The number of thiazole rings is 1. The van der Waals surface area contributed by atoms with Gasteiger partial charge in [-0.15, -0.1) is 11.3 Å². The van der Waals surface area contributed by atoms with Gasteiger partial charge in [-0.1, -0.05) is 63.2 Å². The van der Waals surface area contributed by atoms with E-state index in [0.717, 1.165) is 21.7 Å². The van der Waals surface area contributed by atoms with Gasteiger partial charge in [0.15, 0.2) is 5.78 Å². The van der Waals surface area contributed by atoms with Crippen molar-refractivity contribution < 1.29 is 37.0 Å². The van der Waals surface area contributed by atoms with Gasteiger partial charge in [-0.2, -0.15) is 10.2 Å². The highest BCUT2D eigenvalue weighted by atomic mass is 32.2. The van der Waals surface area contributed by atoms with E-state index in [4.69, 9.17) is 10.5 Å². The second kappa shape index (κ2) is 20.6. The molecule has 0 unspecified atom stereocenters. The number of benzene rings is 3. The number of ketones is 2. The molecule has 0 spiro atoms. The van der Waals surface area contributed by atoms with E-state index in [2.05, 4.69) is 30.0 Å². The number of nitrogens with two attached hydrogens (primary N) is 1. The first-order valence-electron chi connectivity index (χ1n) is 23.1. The summed E-state index contributed by atoms with van der Waals surface area (Å²) in [6, 6.07) is 18.0. The number of hydrogen-bond acceptors (Lipinski definition) is 13. The molecule has 366 valence electrons. The number of hydrogen-bond donors (Lipinski definition) is 4. The first kappa shape index (κ1) is 49.6. The number of nitrogen functional groups attached to an aromatic ring is 1. The van der Waals surface area contributed by atoms with Crippen molar-refractivity contribution in [2.45, 2.75) is 92.0 Å². The van der Waals surface area contributed by atoms with Crippen molar-refractivity contribution in [2.24, 2.45) is 11.3 Å². The minimum atomic E-state index is -3.67. The number of halogens is 1. The van der Waals surface area contributed by atoms with E-state index in [1.807, 2.05) is 57.5 Å². The predicted octanol–water partition coefficient (Wildman–Crippen LogP) is 8.16. The molecule has 3 aromatic carbocycles. The first-order chi connectivity index (χ1) is 33.4. The number of carbonyl (C=O) groups excluding carboxylic acids is 3. The molecule has 0 aliphatic carbocycles. The van der Waals surface area contributed by atoms with E-state index in [1.54, 1.807) is 64.9 Å². The molecule has 8 rings (SSSR count). The average Bonchev–Trinajstić information content (AvgIpc) is 4.17. The van der Waals surface area contributed by atoms with Crippen LogP contribution in [0.5, 0.6) is 5.75 Å². The van der Waals surface area contributed by atoms with E-state index in [0.29, 0.717) is 45.3 Å². The fourth-order valence-corrected chi connectivity index (χ4v) is 10.1. The highest BCUT2D eigenvalue weighted by Gasteiger charge is 2.44. The number of aryl methyl sites for hydroxylation is 3. The van der Waals surface area contributed by atoms with Gasteiger partial charge >= 0.3 is 0 Å². The van der Waals surface area contributed by atoms with Crippen molar-refractivity contribution in [1.82, 2.24) is 34.8 Å². The first-order valence-corrected chi connectivity index (χ1v) is 25.6. The number of Topliss-reactive ketones (excluding diaryl/α,β-unsaturated/α-hetero) is 2. The average molecular weight is 990 g/mol. The number of aromatic nitrogens is 6. The molecule has 3 atom stereocenters. The monoisotopic (exact) mass is 989 g/mol. The molecular weight excluding hydrogens is 934 g/mol. The fraction of sp³-hybridized carbons (Fsp3) is 0.353. The van der Waals surface area contributed by atoms with Gasteiger partial charge in [0.05, 0.1) is 56.8 Å². The number of anilines is 2. The lowest BCUT2D eigenvalue weighted by Crippen LogP contribution is -2.47. The summed E-state index contributed by atoms with van der Waals surface area (Å²) < 4.78 is 49.0. The van der Waals surface area contributed by atoms with Gasteiger partial charge in [0.1, 0.15) is 35.5 Å². The van der Waals surface area contributed by atoms with Gasteiger partial charge in [-0.3, -0.25) is 28.9 Å². The Morgan fingerprint density at radius 3 is 2.43 bits per heavy atom. The summed E-state index contributed by atoms with van der Waals surface area (Å²) in [5.41, 5.74) is 14.4. The van der Waals surface area contributed by atoms with Crippen LogP contribution in [0.3, 0.4) is 0 Å². The summed E-state index contributed by atoms with van der Waals surface area (Å²) in [6.45, 7) is 9.50. The molecule has 4 aromatic heterocycles. The Bertz CT molecular complexity index is 3140. The molecule has 7 aromatic rings. The molecular formula is C51H56FN9O7S2. The molecule has 70 heavy (non-hydrogen) atoms. The van der Waals surface area contributed by atoms with Crippen LogP contribution in [0.4, 0.5) is 15.9 Å². The Morgan fingerprint density at radius 1 is 1.00 bits per heavy atom. The molecule has 1 amide bonds. The largest absolute Gasteiger partial charge is 0.487 e. The lowest BCUT2D eigenvalue weighted by Gasteiger charge is -2.34. The SMILES string of the molecule is CCS(=O)(=O)Nc1ccc(-c2n[nH]c3c(-c4cnn(CCC(=O)C[C@H](C(=O)N5C[C@H](O)C[C@H]5C(=O)CCc5ccc(-c6scnc6C)cc5)C(C)(C)C)c4)cnc(N)c23)cc1OCc1ccc(F)cc1. The number of pyridine rings is 1. The maximum absolute atomic E-state index is 14.3. The van der Waals surface area contributed by atoms with E-state index < -0.39 is 39.3 Å². The number of fused-ring (bicyclic) bond motifs is 1. The third-order valence-corrected chi connectivity index (χ3v) is 15.0. The standard InChI is InChI=1S/C51H56FN9O7S2/c1-6-70(66,67)59-41-17-14-34(21-44(41)68-28-32-9-15-36(52)16-10-32)46-45-47(58-57-46)39(25-54-49(45)53)35-24-56-60(26-35)20-19-37(62)22-40(51(3,4)5)50(65)61-27-38(63)23-42(61)43(64)18-11-31-7-12-33(13-8-31)48-30(2)55-29-69-48/h7-10,12-17,21,24-26,29,38,40,42,59,63H,6,11,18-20,22-23,27-28H2,1-5H3,(H2,53,54)(H,57,58)/t38-,40-,42+/m1/s1. The molecule has 1 aliphatic heterocycles. The van der Waals surface area contributed by atoms with Crippen LogP contribution in [0.15, 0.2) is 90.8 Å². The number of aliphatic hydroxyl groups is 1. The van der Waals surface area contributed by atoms with Crippen molar-refractivity contribution in [3.05, 3.63) is 113 Å². The summed E-state index contributed by atoms with van der Waals surface area (Å²) in [5.74, 6) is -1.45. The van der Waals surface area contributed by atoms with Gasteiger partial charge in [-0.05, 0) is 66.6 Å². The van der Waals surface area contributed by atoms with Crippen LogP contribution in [0, 0.1) is 24.1 Å². The van der Waals surface area contributed by atoms with Crippen LogP contribution in [0.1, 0.15) is 70.2 Å². The third kappa shape index (κ3) is 11.3. The smallest absolute Gasteiger partial charge is 0.232 e. The molecule has 0 radical (unpaired) electrons. The Balaban J connectivity index is 0.928. The zero-order chi connectivity index (χ0) is 49.9. The van der Waals surface area contributed by atoms with Crippen molar-refractivity contribution in [3.8, 4) is 38.6 Å². The Labute approximate surface area is 409 Å². The molecule has 16 nitrogen and oxygen atoms in total. The summed E-state index contributed by atoms with van der Waals surface area (Å²) >= 11 is 1.58. The number of β-amino-alcohol motifs (C(OH)–C–C–N with tert-alkyl or cyclic N) is 1. The van der Waals surface area contributed by atoms with Crippen molar-refractivity contribution in [2.75, 3.05) is 22.8 Å². The van der Waals surface area contributed by atoms with Crippen LogP contribution in [-0.2, 0) is 44.0 Å². The lowest BCUT2D eigenvalue weighted by atomic mass is 9.76. The minimum absolute atomic E-state index is 0.0313. The van der Waals surface area contributed by atoms with E-state index in [9.17, 15) is 32.3 Å². The zero-order valence-electron chi connectivity index (χ0n) is 39.6. The zero-order valence-corrected chi connectivity index (χ0v) is 41.2. The van der Waals surface area contributed by atoms with Crippen LogP contribution in [0.25, 0.3) is 43.7 Å². The molecule has 5 heterocycles. The number of ether oxygens (including phenoxy) is 1. The van der Waals surface area contributed by atoms with E-state index in [-0.39, 0.29) is 85.9 Å². The highest BCUT2D eigenvalue weighted by molar-refractivity contribution is 7.92. The number of nitrogens with zero attached hydrogens (tertiary/aromatic N) is 6. The normalized spacial score (nSPS) is 15.6. The molecule has 0 bridgehead atoms. The Morgan fingerprint density at radius 2 is 1.73 bits per heavy atom. The van der Waals surface area contributed by atoms with E-state index in [1.165, 1.54) is 24.0 Å². The Hall–Kier alpha value is -6.83. The van der Waals surface area contributed by atoms with Gasteiger partial charge < -0.3 is 20.5 Å². The van der Waals surface area contributed by atoms with Crippen LogP contribution >= 0.6 is 11.3 Å². The fourth-order valence-electron chi connectivity index (χ4n) is 8.69. The molecule has 19 heteroatoms. The van der Waals surface area contributed by atoms with Crippen LogP contribution < -0.4 is 15.2 Å². The van der Waals surface area contributed by atoms with Crippen LogP contribution in [-0.4, -0.2) is 90.3 Å². The summed E-state index contributed by atoms with van der Waals surface area (Å²) in [6.07, 6.45) is 5.09. The third-order valence-electron chi connectivity index (χ3n) is 12.7. The second-order valence-corrected chi connectivity index (χ2v) is 21.6. The molecule has 5 N–H and O–H groups in total. The van der Waals surface area contributed by atoms with Gasteiger partial charge in [0.2, 0.25) is 15.9 Å². The number of sulfonamides is 1. The van der Waals surface area contributed by atoms with Crippen molar-refractivity contribution >= 4 is 61.2 Å². The molecule has 1 aliphatic rings. The summed E-state index contributed by atoms with van der Waals surface area (Å²) in [5, 5.41) is 23.4. The second-order valence-electron chi connectivity index (χ2n) is 18.7. The van der Waals surface area contributed by atoms with E-state index >= 15 is 0 Å².